The third kappa shape index (κ3) is 4.76. The molecular weight excluding hydrogens is 504 g/mol. The fourth-order valence-corrected chi connectivity index (χ4v) is 6.86. The third-order valence-electron chi connectivity index (χ3n) is 9.56. The highest BCUT2D eigenvalue weighted by atomic mass is 16.5. The van der Waals surface area contributed by atoms with Crippen LogP contribution in [0.25, 0.3) is 22.2 Å². The first kappa shape index (κ1) is 25.9. The number of rotatable bonds is 9. The minimum atomic E-state index is -0.545. The van der Waals surface area contributed by atoms with Gasteiger partial charge in [0.15, 0.2) is 11.5 Å². The van der Waals surface area contributed by atoms with Crippen LogP contribution in [0.4, 0.5) is 5.82 Å². The van der Waals surface area contributed by atoms with Crippen LogP contribution in [0.1, 0.15) is 82.3 Å². The first-order chi connectivity index (χ1) is 19.4. The highest BCUT2D eigenvalue weighted by molar-refractivity contribution is 5.81. The number of nitrogens with one attached hydrogen (secondary N) is 1. The number of H-pyrrole nitrogens is 1. The Morgan fingerprint density at radius 2 is 2.02 bits per heavy atom. The van der Waals surface area contributed by atoms with E-state index >= 15 is 0 Å². The number of aromatic nitrogens is 6. The molecule has 3 aliphatic rings. The number of nitrogens with two attached hydrogens (primary N) is 1. The SMILES string of the molecule is CC(C)N(C[C@H]1O[C@@H](n2cnc3c(N)ncnc32)C[C@@H]1O)C1CC(CCc2nc3cc(C4CCC4)ccc3[nH]2)C1. The number of anilines is 1. The lowest BCUT2D eigenvalue weighted by Crippen LogP contribution is -2.52. The molecule has 0 spiro atoms. The Morgan fingerprint density at radius 3 is 2.80 bits per heavy atom. The number of hydrogen-bond acceptors (Lipinski definition) is 8. The molecule has 4 aromatic rings. The Hall–Kier alpha value is -3.08. The van der Waals surface area contributed by atoms with Crippen molar-refractivity contribution in [2.45, 2.75) is 102 Å². The number of aromatic amines is 1. The quantitative estimate of drug-likeness (QED) is 0.284. The van der Waals surface area contributed by atoms with Crippen molar-refractivity contribution in [2.24, 2.45) is 5.92 Å². The van der Waals surface area contributed by atoms with E-state index in [-0.39, 0.29) is 12.3 Å². The molecule has 4 heterocycles. The number of hydrogen-bond donors (Lipinski definition) is 3. The van der Waals surface area contributed by atoms with Gasteiger partial charge in [-0.25, -0.2) is 19.9 Å². The molecule has 2 aliphatic carbocycles. The standard InChI is InChI=1S/C30H40N8O2/c1-17(2)37(14-25-24(39)13-27(40-25)38-16-34-28-29(31)32-15-33-30(28)38)21-10-18(11-21)6-9-26-35-22-8-7-20(12-23(22)36-26)19-4-3-5-19/h7-8,12,15-19,21,24-25,27,39H,3-6,9-11,13-14H2,1-2H3,(H,35,36)(H2,31,32,33)/t18?,21?,24-,25+,27+/m0/s1. The molecule has 3 fully saturated rings. The zero-order valence-corrected chi connectivity index (χ0v) is 23.4. The Balaban J connectivity index is 0.936. The van der Waals surface area contributed by atoms with Crippen LogP contribution in [-0.4, -0.2) is 70.3 Å². The van der Waals surface area contributed by atoms with Gasteiger partial charge >= 0.3 is 0 Å². The molecule has 1 aliphatic heterocycles. The lowest BCUT2D eigenvalue weighted by Gasteiger charge is -2.46. The second kappa shape index (κ2) is 10.4. The van der Waals surface area contributed by atoms with E-state index in [1.807, 2.05) is 4.57 Å². The lowest BCUT2D eigenvalue weighted by molar-refractivity contribution is -0.0579. The summed E-state index contributed by atoms with van der Waals surface area (Å²) >= 11 is 0. The summed E-state index contributed by atoms with van der Waals surface area (Å²) in [6, 6.07) is 7.67. The number of fused-ring (bicyclic) bond motifs is 2. The normalized spacial score (nSPS) is 27.2. The van der Waals surface area contributed by atoms with Crippen LogP contribution in [0, 0.1) is 5.92 Å². The monoisotopic (exact) mass is 544 g/mol. The van der Waals surface area contributed by atoms with E-state index in [1.54, 1.807) is 6.33 Å². The summed E-state index contributed by atoms with van der Waals surface area (Å²) in [6.45, 7) is 5.19. The second-order valence-electron chi connectivity index (χ2n) is 12.4. The second-order valence-corrected chi connectivity index (χ2v) is 12.4. The van der Waals surface area contributed by atoms with Gasteiger partial charge < -0.3 is 20.6 Å². The van der Waals surface area contributed by atoms with Gasteiger partial charge in [0, 0.05) is 31.5 Å². The van der Waals surface area contributed by atoms with Crippen molar-refractivity contribution < 1.29 is 9.84 Å². The third-order valence-corrected chi connectivity index (χ3v) is 9.56. The molecule has 2 saturated carbocycles. The van der Waals surface area contributed by atoms with E-state index in [0.29, 0.717) is 47.9 Å². The number of aliphatic hydroxyl groups excluding tert-OH is 1. The maximum absolute atomic E-state index is 10.9. The molecule has 0 radical (unpaired) electrons. The molecule has 1 aromatic carbocycles. The number of nitrogens with zero attached hydrogens (tertiary/aromatic N) is 6. The van der Waals surface area contributed by atoms with Gasteiger partial charge in [-0.1, -0.05) is 12.5 Å². The number of aryl methyl sites for hydroxylation is 1. The van der Waals surface area contributed by atoms with Crippen molar-refractivity contribution in [1.82, 2.24) is 34.4 Å². The average molecular weight is 545 g/mol. The minimum Gasteiger partial charge on any atom is -0.390 e. The van der Waals surface area contributed by atoms with E-state index in [4.69, 9.17) is 15.5 Å². The zero-order valence-electron chi connectivity index (χ0n) is 23.4. The summed E-state index contributed by atoms with van der Waals surface area (Å²) in [5.41, 5.74) is 10.9. The van der Waals surface area contributed by atoms with Crippen LogP contribution in [0.2, 0.25) is 0 Å². The van der Waals surface area contributed by atoms with Gasteiger partial charge in [-0.3, -0.25) is 9.47 Å². The van der Waals surface area contributed by atoms with Crippen LogP contribution in [0.5, 0.6) is 0 Å². The smallest absolute Gasteiger partial charge is 0.167 e. The number of benzene rings is 1. The molecule has 3 atom stereocenters. The summed E-state index contributed by atoms with van der Waals surface area (Å²) < 4.78 is 8.24. The van der Waals surface area contributed by atoms with Crippen molar-refractivity contribution in [3.63, 3.8) is 0 Å². The topological polar surface area (TPSA) is 131 Å². The number of imidazole rings is 2. The molecule has 10 heteroatoms. The van der Waals surface area contributed by atoms with Crippen molar-refractivity contribution in [2.75, 3.05) is 12.3 Å². The summed E-state index contributed by atoms with van der Waals surface area (Å²) in [5, 5.41) is 10.9. The molecule has 212 valence electrons. The van der Waals surface area contributed by atoms with Gasteiger partial charge in [0.2, 0.25) is 0 Å². The Morgan fingerprint density at radius 1 is 1.18 bits per heavy atom. The molecule has 10 nitrogen and oxygen atoms in total. The van der Waals surface area contributed by atoms with Crippen molar-refractivity contribution in [1.29, 1.82) is 0 Å². The van der Waals surface area contributed by atoms with Crippen LogP contribution in [-0.2, 0) is 11.2 Å². The largest absolute Gasteiger partial charge is 0.390 e. The van der Waals surface area contributed by atoms with Gasteiger partial charge in [0.1, 0.15) is 23.9 Å². The highest BCUT2D eigenvalue weighted by Gasteiger charge is 2.41. The van der Waals surface area contributed by atoms with Crippen LogP contribution in [0.3, 0.4) is 0 Å². The van der Waals surface area contributed by atoms with Crippen molar-refractivity contribution in [3.8, 4) is 0 Å². The van der Waals surface area contributed by atoms with Crippen molar-refractivity contribution in [3.05, 3.63) is 42.2 Å². The maximum atomic E-state index is 10.9. The lowest BCUT2D eigenvalue weighted by atomic mass is 9.76. The predicted octanol–water partition coefficient (Wildman–Crippen LogP) is 4.32. The summed E-state index contributed by atoms with van der Waals surface area (Å²) in [5.74, 6) is 2.90. The molecule has 4 N–H and O–H groups in total. The summed E-state index contributed by atoms with van der Waals surface area (Å²) in [7, 11) is 0. The predicted molar refractivity (Wildman–Crippen MR) is 154 cm³/mol. The van der Waals surface area contributed by atoms with Crippen LogP contribution >= 0.6 is 0 Å². The summed E-state index contributed by atoms with van der Waals surface area (Å²) in [6.07, 6.45) is 11.0. The van der Waals surface area contributed by atoms with Crippen molar-refractivity contribution >= 4 is 28.0 Å². The molecular formula is C30H40N8O2. The van der Waals surface area contributed by atoms with Gasteiger partial charge in [0.25, 0.3) is 0 Å². The molecule has 0 bridgehead atoms. The molecule has 0 amide bonds. The first-order valence-electron chi connectivity index (χ1n) is 14.9. The van der Waals surface area contributed by atoms with E-state index < -0.39 is 6.10 Å². The van der Waals surface area contributed by atoms with E-state index in [0.717, 1.165) is 35.6 Å². The number of nitrogen functional groups attached to an aromatic ring is 1. The van der Waals surface area contributed by atoms with Gasteiger partial charge in [-0.15, -0.1) is 0 Å². The van der Waals surface area contributed by atoms with Crippen LogP contribution in [0.15, 0.2) is 30.9 Å². The van der Waals surface area contributed by atoms with Gasteiger partial charge in [-0.2, -0.15) is 0 Å². The van der Waals surface area contributed by atoms with E-state index in [1.165, 1.54) is 44.0 Å². The minimum absolute atomic E-state index is 0.261. The first-order valence-corrected chi connectivity index (χ1v) is 14.9. The molecule has 1 saturated heterocycles. The van der Waals surface area contributed by atoms with Crippen LogP contribution < -0.4 is 5.73 Å². The summed E-state index contributed by atoms with van der Waals surface area (Å²) in [4.78, 5) is 23.7. The zero-order chi connectivity index (χ0) is 27.4. The maximum Gasteiger partial charge on any atom is 0.167 e. The fraction of sp³-hybridized carbons (Fsp3) is 0.600. The van der Waals surface area contributed by atoms with E-state index in [2.05, 4.69) is 56.9 Å². The molecule has 3 aromatic heterocycles. The highest BCUT2D eigenvalue weighted by Crippen LogP contribution is 2.39. The Bertz CT molecular complexity index is 1490. The number of ether oxygens (including phenoxy) is 1. The average Bonchev–Trinajstić information content (AvgIpc) is 3.58. The van der Waals surface area contributed by atoms with Gasteiger partial charge in [-0.05, 0) is 75.5 Å². The van der Waals surface area contributed by atoms with E-state index in [9.17, 15) is 5.11 Å². The number of aliphatic hydroxyl groups is 1. The molecule has 0 unspecified atom stereocenters. The Labute approximate surface area is 234 Å². The fourth-order valence-electron chi connectivity index (χ4n) is 6.86. The molecule has 7 rings (SSSR count). The Kier molecular flexibility index (Phi) is 6.72. The van der Waals surface area contributed by atoms with Gasteiger partial charge in [0.05, 0.1) is 29.6 Å². The molecule has 40 heavy (non-hydrogen) atoms.